The lowest BCUT2D eigenvalue weighted by Crippen LogP contribution is -2.01. The fraction of sp³-hybridized carbons (Fsp3) is 0.100. The molecule has 0 bridgehead atoms. The summed E-state index contributed by atoms with van der Waals surface area (Å²) in [7, 11) is 0. The van der Waals surface area contributed by atoms with Crippen molar-refractivity contribution in [2.24, 2.45) is 0 Å². The zero-order valence-corrected chi connectivity index (χ0v) is 15.9. The predicted octanol–water partition coefficient (Wildman–Crippen LogP) is 6.98. The lowest BCUT2D eigenvalue weighted by atomic mass is 10.2. The third-order valence-corrected chi connectivity index (χ3v) is 4.62. The molecule has 0 aliphatic carbocycles. The van der Waals surface area contributed by atoms with Crippen LogP contribution in [-0.4, -0.2) is 0 Å². The summed E-state index contributed by atoms with van der Waals surface area (Å²) in [5.74, 6) is 0.309. The van der Waals surface area contributed by atoms with Crippen LogP contribution in [0.15, 0.2) is 60.7 Å². The molecular formula is C20H15Cl3FNO. The zero-order chi connectivity index (χ0) is 18.5. The van der Waals surface area contributed by atoms with Crippen LogP contribution in [0.5, 0.6) is 5.75 Å². The maximum atomic E-state index is 12.9. The van der Waals surface area contributed by atoms with E-state index in [9.17, 15) is 4.39 Å². The molecule has 0 aliphatic rings. The van der Waals surface area contributed by atoms with E-state index in [1.807, 2.05) is 24.3 Å². The molecule has 0 aliphatic heterocycles. The lowest BCUT2D eigenvalue weighted by Gasteiger charge is -2.12. The monoisotopic (exact) mass is 409 g/mol. The molecule has 0 spiro atoms. The quantitative estimate of drug-likeness (QED) is 0.473. The van der Waals surface area contributed by atoms with Gasteiger partial charge in [0.2, 0.25) is 0 Å². The third-order valence-electron chi connectivity index (χ3n) is 3.74. The average Bonchev–Trinajstić information content (AvgIpc) is 2.62. The van der Waals surface area contributed by atoms with Gasteiger partial charge in [-0.2, -0.15) is 0 Å². The largest absolute Gasteiger partial charge is 0.487 e. The minimum absolute atomic E-state index is 0.263. The van der Waals surface area contributed by atoms with E-state index in [1.165, 1.54) is 12.1 Å². The van der Waals surface area contributed by atoms with Crippen LogP contribution in [0.3, 0.4) is 0 Å². The predicted molar refractivity (Wildman–Crippen MR) is 106 cm³/mol. The number of halogens is 4. The van der Waals surface area contributed by atoms with Gasteiger partial charge < -0.3 is 10.1 Å². The first-order valence-corrected chi connectivity index (χ1v) is 8.99. The van der Waals surface area contributed by atoms with Crippen molar-refractivity contribution in [1.82, 2.24) is 0 Å². The molecule has 0 heterocycles. The van der Waals surface area contributed by atoms with Gasteiger partial charge in [-0.05, 0) is 54.1 Å². The van der Waals surface area contributed by atoms with Crippen molar-refractivity contribution in [1.29, 1.82) is 0 Å². The molecular weight excluding hydrogens is 396 g/mol. The van der Waals surface area contributed by atoms with E-state index in [0.29, 0.717) is 34.0 Å². The highest BCUT2D eigenvalue weighted by molar-refractivity contribution is 6.35. The third kappa shape index (κ3) is 5.04. The summed E-state index contributed by atoms with van der Waals surface area (Å²) in [5.41, 5.74) is 2.64. The molecule has 0 aromatic heterocycles. The highest BCUT2D eigenvalue weighted by atomic mass is 35.5. The Morgan fingerprint density at radius 3 is 2.31 bits per heavy atom. The number of hydrogen-bond acceptors (Lipinski definition) is 2. The molecule has 0 amide bonds. The summed E-state index contributed by atoms with van der Waals surface area (Å²) in [6, 6.07) is 17.0. The van der Waals surface area contributed by atoms with Crippen molar-refractivity contribution < 1.29 is 9.13 Å². The van der Waals surface area contributed by atoms with Gasteiger partial charge in [0.1, 0.15) is 18.2 Å². The topological polar surface area (TPSA) is 21.3 Å². The van der Waals surface area contributed by atoms with Crippen LogP contribution in [0, 0.1) is 5.82 Å². The zero-order valence-electron chi connectivity index (χ0n) is 13.6. The van der Waals surface area contributed by atoms with Crippen LogP contribution in [0.25, 0.3) is 0 Å². The Balaban J connectivity index is 1.60. The van der Waals surface area contributed by atoms with Crippen LogP contribution in [0.1, 0.15) is 11.1 Å². The Morgan fingerprint density at radius 1 is 0.846 bits per heavy atom. The van der Waals surface area contributed by atoms with Gasteiger partial charge in [0, 0.05) is 27.8 Å². The number of nitrogens with one attached hydrogen (secondary N) is 1. The first-order valence-electron chi connectivity index (χ1n) is 7.86. The molecule has 3 rings (SSSR count). The standard InChI is InChI=1S/C20H15Cl3FNO/c21-15-3-2-14(18(22)10-15)12-26-20-8-1-13(9-19(20)23)11-25-17-6-4-16(24)5-7-17/h1-10,25H,11-12H2. The van der Waals surface area contributed by atoms with Gasteiger partial charge >= 0.3 is 0 Å². The lowest BCUT2D eigenvalue weighted by molar-refractivity contribution is 0.306. The Kier molecular flexibility index (Phi) is 6.25. The maximum Gasteiger partial charge on any atom is 0.138 e. The molecule has 0 radical (unpaired) electrons. The summed E-state index contributed by atoms with van der Waals surface area (Å²) < 4.78 is 18.7. The first-order chi connectivity index (χ1) is 12.5. The summed E-state index contributed by atoms with van der Waals surface area (Å²) in [6.07, 6.45) is 0. The summed E-state index contributed by atoms with van der Waals surface area (Å²) in [4.78, 5) is 0. The van der Waals surface area contributed by atoms with Crippen molar-refractivity contribution in [2.75, 3.05) is 5.32 Å². The van der Waals surface area contributed by atoms with Crippen LogP contribution in [0.2, 0.25) is 15.1 Å². The molecule has 26 heavy (non-hydrogen) atoms. The van der Waals surface area contributed by atoms with Gasteiger partial charge in [0.05, 0.1) is 5.02 Å². The molecule has 0 unspecified atom stereocenters. The Labute approximate surface area is 166 Å². The number of rotatable bonds is 6. The first kappa shape index (κ1) is 18.8. The normalized spacial score (nSPS) is 10.6. The van der Waals surface area contributed by atoms with Crippen molar-refractivity contribution >= 4 is 40.5 Å². The van der Waals surface area contributed by atoms with Crippen LogP contribution < -0.4 is 10.1 Å². The minimum Gasteiger partial charge on any atom is -0.487 e. The van der Waals surface area contributed by atoms with E-state index in [1.54, 1.807) is 24.3 Å². The second-order valence-electron chi connectivity index (χ2n) is 5.65. The highest BCUT2D eigenvalue weighted by Gasteiger charge is 2.07. The molecule has 1 N–H and O–H groups in total. The van der Waals surface area contributed by atoms with Crippen molar-refractivity contribution in [3.05, 3.63) is 92.7 Å². The molecule has 0 fully saturated rings. The van der Waals surface area contributed by atoms with E-state index in [-0.39, 0.29) is 5.82 Å². The summed E-state index contributed by atoms with van der Waals surface area (Å²) >= 11 is 18.3. The van der Waals surface area contributed by atoms with Gasteiger partial charge in [-0.1, -0.05) is 46.9 Å². The molecule has 2 nitrogen and oxygen atoms in total. The Morgan fingerprint density at radius 2 is 1.62 bits per heavy atom. The van der Waals surface area contributed by atoms with E-state index in [2.05, 4.69) is 5.32 Å². The number of ether oxygens (including phenoxy) is 1. The van der Waals surface area contributed by atoms with Crippen LogP contribution in [-0.2, 0) is 13.2 Å². The number of hydrogen-bond donors (Lipinski definition) is 1. The maximum absolute atomic E-state index is 12.9. The van der Waals surface area contributed by atoms with E-state index < -0.39 is 0 Å². The number of benzene rings is 3. The minimum atomic E-state index is -0.263. The molecule has 3 aromatic rings. The molecule has 0 saturated carbocycles. The second kappa shape index (κ2) is 8.63. The van der Waals surface area contributed by atoms with E-state index >= 15 is 0 Å². The molecule has 0 atom stereocenters. The van der Waals surface area contributed by atoms with Gasteiger partial charge in [0.25, 0.3) is 0 Å². The van der Waals surface area contributed by atoms with Crippen LogP contribution in [0.4, 0.5) is 10.1 Å². The van der Waals surface area contributed by atoms with E-state index in [0.717, 1.165) is 16.8 Å². The Bertz CT molecular complexity index is 900. The highest BCUT2D eigenvalue weighted by Crippen LogP contribution is 2.28. The van der Waals surface area contributed by atoms with Gasteiger partial charge in [-0.25, -0.2) is 4.39 Å². The van der Waals surface area contributed by atoms with Gasteiger partial charge in [-0.15, -0.1) is 0 Å². The fourth-order valence-electron chi connectivity index (χ4n) is 2.34. The Hall–Kier alpha value is -1.94. The second-order valence-corrected chi connectivity index (χ2v) is 6.90. The van der Waals surface area contributed by atoms with E-state index in [4.69, 9.17) is 39.5 Å². The SMILES string of the molecule is Fc1ccc(NCc2ccc(OCc3ccc(Cl)cc3Cl)c(Cl)c2)cc1. The van der Waals surface area contributed by atoms with Crippen LogP contribution >= 0.6 is 34.8 Å². The number of anilines is 1. The van der Waals surface area contributed by atoms with Crippen molar-refractivity contribution in [3.8, 4) is 5.75 Å². The van der Waals surface area contributed by atoms with Gasteiger partial charge in [-0.3, -0.25) is 0 Å². The fourth-order valence-corrected chi connectivity index (χ4v) is 3.06. The van der Waals surface area contributed by atoms with Crippen molar-refractivity contribution in [3.63, 3.8) is 0 Å². The average molecular weight is 411 g/mol. The van der Waals surface area contributed by atoms with Crippen molar-refractivity contribution in [2.45, 2.75) is 13.2 Å². The summed E-state index contributed by atoms with van der Waals surface area (Å²) in [5, 5.41) is 4.85. The van der Waals surface area contributed by atoms with Gasteiger partial charge in [0.15, 0.2) is 0 Å². The smallest absolute Gasteiger partial charge is 0.138 e. The molecule has 0 saturated heterocycles. The molecule has 134 valence electrons. The molecule has 6 heteroatoms. The summed E-state index contributed by atoms with van der Waals surface area (Å²) in [6.45, 7) is 0.859. The molecule has 3 aromatic carbocycles.